The fraction of sp³-hybridized carbons (Fsp3) is 0.533. The average Bonchev–Trinajstić information content (AvgIpc) is 2.35. The SMILES string of the molecule is COc1ccccc1CN1CCC(C)(C)C(=O)C1. The molecule has 0 saturated carbocycles. The number of hydrogen-bond donors (Lipinski definition) is 0. The fourth-order valence-electron chi connectivity index (χ4n) is 2.28. The number of Topliss-reactive ketones (excluding diaryl/α,β-unsaturated/α-hetero) is 1. The number of ketones is 1. The maximum absolute atomic E-state index is 12.0. The van der Waals surface area contributed by atoms with Crippen LogP contribution in [0.3, 0.4) is 0 Å². The van der Waals surface area contributed by atoms with Crippen molar-refractivity contribution >= 4 is 5.78 Å². The summed E-state index contributed by atoms with van der Waals surface area (Å²) in [6.07, 6.45) is 0.932. The van der Waals surface area contributed by atoms with Gasteiger partial charge in [-0.15, -0.1) is 0 Å². The van der Waals surface area contributed by atoms with Crippen LogP contribution in [0.2, 0.25) is 0 Å². The molecule has 0 unspecified atom stereocenters. The van der Waals surface area contributed by atoms with E-state index in [1.165, 1.54) is 0 Å². The van der Waals surface area contributed by atoms with Gasteiger partial charge in [-0.1, -0.05) is 32.0 Å². The van der Waals surface area contributed by atoms with E-state index in [0.29, 0.717) is 12.3 Å². The smallest absolute Gasteiger partial charge is 0.152 e. The quantitative estimate of drug-likeness (QED) is 0.822. The zero-order chi connectivity index (χ0) is 13.2. The van der Waals surface area contributed by atoms with E-state index in [1.54, 1.807) is 7.11 Å². The van der Waals surface area contributed by atoms with Crippen molar-refractivity contribution in [2.24, 2.45) is 5.41 Å². The summed E-state index contributed by atoms with van der Waals surface area (Å²) in [6, 6.07) is 7.99. The predicted molar refractivity (Wildman–Crippen MR) is 71.7 cm³/mol. The van der Waals surface area contributed by atoms with Crippen LogP contribution in [0.25, 0.3) is 0 Å². The molecule has 1 saturated heterocycles. The monoisotopic (exact) mass is 247 g/mol. The second kappa shape index (κ2) is 5.11. The van der Waals surface area contributed by atoms with Gasteiger partial charge in [0, 0.05) is 17.5 Å². The Morgan fingerprint density at radius 2 is 2.06 bits per heavy atom. The van der Waals surface area contributed by atoms with Crippen LogP contribution in [0.15, 0.2) is 24.3 Å². The molecule has 1 heterocycles. The van der Waals surface area contributed by atoms with Crippen molar-refractivity contribution in [1.82, 2.24) is 4.90 Å². The summed E-state index contributed by atoms with van der Waals surface area (Å²) < 4.78 is 5.34. The highest BCUT2D eigenvalue weighted by atomic mass is 16.5. The first-order valence-corrected chi connectivity index (χ1v) is 6.40. The number of para-hydroxylation sites is 1. The first-order chi connectivity index (χ1) is 8.53. The number of carbonyl (C=O) groups excluding carboxylic acids is 1. The van der Waals surface area contributed by atoms with Gasteiger partial charge in [0.15, 0.2) is 5.78 Å². The minimum Gasteiger partial charge on any atom is -0.496 e. The van der Waals surface area contributed by atoms with Crippen molar-refractivity contribution in [3.05, 3.63) is 29.8 Å². The Bertz CT molecular complexity index is 440. The molecule has 0 N–H and O–H groups in total. The fourth-order valence-corrected chi connectivity index (χ4v) is 2.28. The molecule has 18 heavy (non-hydrogen) atoms. The Labute approximate surface area is 109 Å². The zero-order valence-corrected chi connectivity index (χ0v) is 11.4. The summed E-state index contributed by atoms with van der Waals surface area (Å²) >= 11 is 0. The Kier molecular flexibility index (Phi) is 3.71. The Morgan fingerprint density at radius 3 is 2.72 bits per heavy atom. The third-order valence-electron chi connectivity index (χ3n) is 3.76. The minimum absolute atomic E-state index is 0.155. The van der Waals surface area contributed by atoms with Gasteiger partial charge in [-0.25, -0.2) is 0 Å². The van der Waals surface area contributed by atoms with E-state index in [1.807, 2.05) is 32.0 Å². The molecule has 1 aliphatic heterocycles. The van der Waals surface area contributed by atoms with Gasteiger partial charge in [-0.2, -0.15) is 0 Å². The van der Waals surface area contributed by atoms with Crippen molar-refractivity contribution in [2.75, 3.05) is 20.2 Å². The lowest BCUT2D eigenvalue weighted by molar-refractivity contribution is -0.132. The molecule has 0 bridgehead atoms. The summed E-state index contributed by atoms with van der Waals surface area (Å²) in [5.41, 5.74) is 0.990. The van der Waals surface area contributed by atoms with Crippen LogP contribution < -0.4 is 4.74 Å². The molecule has 0 aromatic heterocycles. The first kappa shape index (κ1) is 13.1. The summed E-state index contributed by atoms with van der Waals surface area (Å²) in [5, 5.41) is 0. The van der Waals surface area contributed by atoms with E-state index in [0.717, 1.165) is 30.8 Å². The van der Waals surface area contributed by atoms with Crippen molar-refractivity contribution in [3.8, 4) is 5.75 Å². The molecule has 1 aliphatic rings. The van der Waals surface area contributed by atoms with Gasteiger partial charge in [0.25, 0.3) is 0 Å². The van der Waals surface area contributed by atoms with Crippen molar-refractivity contribution < 1.29 is 9.53 Å². The highest BCUT2D eigenvalue weighted by Gasteiger charge is 2.33. The normalized spacial score (nSPS) is 19.8. The zero-order valence-electron chi connectivity index (χ0n) is 11.4. The van der Waals surface area contributed by atoms with Crippen LogP contribution in [0, 0.1) is 5.41 Å². The summed E-state index contributed by atoms with van der Waals surface area (Å²) in [6.45, 7) is 6.37. The molecule has 1 aromatic carbocycles. The van der Waals surface area contributed by atoms with Crippen LogP contribution >= 0.6 is 0 Å². The van der Waals surface area contributed by atoms with Crippen molar-refractivity contribution in [1.29, 1.82) is 0 Å². The maximum Gasteiger partial charge on any atom is 0.152 e. The number of rotatable bonds is 3. The van der Waals surface area contributed by atoms with Gasteiger partial charge in [-0.05, 0) is 19.0 Å². The largest absolute Gasteiger partial charge is 0.496 e. The van der Waals surface area contributed by atoms with Crippen molar-refractivity contribution in [3.63, 3.8) is 0 Å². The van der Waals surface area contributed by atoms with Gasteiger partial charge < -0.3 is 4.74 Å². The number of methoxy groups -OCH3 is 1. The second-order valence-corrected chi connectivity index (χ2v) is 5.58. The molecule has 0 amide bonds. The highest BCUT2D eigenvalue weighted by molar-refractivity contribution is 5.86. The topological polar surface area (TPSA) is 29.5 Å². The Morgan fingerprint density at radius 1 is 1.33 bits per heavy atom. The molecular formula is C15H21NO2. The lowest BCUT2D eigenvalue weighted by Crippen LogP contribution is -2.44. The van der Waals surface area contributed by atoms with Gasteiger partial charge in [0.2, 0.25) is 0 Å². The summed E-state index contributed by atoms with van der Waals surface area (Å²) in [4.78, 5) is 14.2. The molecule has 1 fully saturated rings. The van der Waals surface area contributed by atoms with Gasteiger partial charge in [-0.3, -0.25) is 9.69 Å². The lowest BCUT2D eigenvalue weighted by atomic mass is 9.81. The van der Waals surface area contributed by atoms with E-state index >= 15 is 0 Å². The minimum atomic E-state index is -0.155. The van der Waals surface area contributed by atoms with Crippen LogP contribution in [0.5, 0.6) is 5.75 Å². The molecule has 0 spiro atoms. The molecule has 1 aromatic rings. The van der Waals surface area contributed by atoms with Gasteiger partial charge >= 0.3 is 0 Å². The average molecular weight is 247 g/mol. The van der Waals surface area contributed by atoms with Crippen molar-refractivity contribution in [2.45, 2.75) is 26.8 Å². The second-order valence-electron chi connectivity index (χ2n) is 5.58. The number of likely N-dealkylation sites (tertiary alicyclic amines) is 1. The van der Waals surface area contributed by atoms with E-state index in [4.69, 9.17) is 4.74 Å². The predicted octanol–water partition coefficient (Wildman–Crippen LogP) is 2.50. The Hall–Kier alpha value is -1.35. The Balaban J connectivity index is 2.05. The molecule has 3 heteroatoms. The third-order valence-corrected chi connectivity index (χ3v) is 3.76. The molecule has 98 valence electrons. The van der Waals surface area contributed by atoms with E-state index in [2.05, 4.69) is 11.0 Å². The maximum atomic E-state index is 12.0. The number of benzene rings is 1. The highest BCUT2D eigenvalue weighted by Crippen LogP contribution is 2.28. The lowest BCUT2D eigenvalue weighted by Gasteiger charge is -2.35. The third kappa shape index (κ3) is 2.72. The van der Waals surface area contributed by atoms with Gasteiger partial charge in [0.1, 0.15) is 5.75 Å². The molecule has 2 rings (SSSR count). The van der Waals surface area contributed by atoms with Crippen LogP contribution in [0.4, 0.5) is 0 Å². The number of nitrogens with zero attached hydrogens (tertiary/aromatic N) is 1. The molecule has 0 radical (unpaired) electrons. The molecule has 0 atom stereocenters. The first-order valence-electron chi connectivity index (χ1n) is 6.40. The number of hydrogen-bond acceptors (Lipinski definition) is 3. The van der Waals surface area contributed by atoms with E-state index < -0.39 is 0 Å². The van der Waals surface area contributed by atoms with E-state index in [9.17, 15) is 4.79 Å². The summed E-state index contributed by atoms with van der Waals surface area (Å²) in [5.74, 6) is 1.23. The van der Waals surface area contributed by atoms with Gasteiger partial charge in [0.05, 0.1) is 13.7 Å². The van der Waals surface area contributed by atoms with Crippen LogP contribution in [-0.2, 0) is 11.3 Å². The standard InChI is InChI=1S/C15H21NO2/c1-15(2)8-9-16(11-14(15)17)10-12-6-4-5-7-13(12)18-3/h4-7H,8-11H2,1-3H3. The number of carbonyl (C=O) groups is 1. The number of ether oxygens (including phenoxy) is 1. The summed E-state index contributed by atoms with van der Waals surface area (Å²) in [7, 11) is 1.68. The molecular weight excluding hydrogens is 226 g/mol. The van der Waals surface area contributed by atoms with Crippen LogP contribution in [0.1, 0.15) is 25.8 Å². The molecule has 3 nitrogen and oxygen atoms in total. The molecule has 0 aliphatic carbocycles. The van der Waals surface area contributed by atoms with E-state index in [-0.39, 0.29) is 5.41 Å². The van der Waals surface area contributed by atoms with Crippen LogP contribution in [-0.4, -0.2) is 30.9 Å². The number of piperidine rings is 1.